The average molecular weight is 521 g/mol. The van der Waals surface area contributed by atoms with Crippen molar-refractivity contribution in [1.29, 1.82) is 0 Å². The Kier molecular flexibility index (Phi) is 5.60. The summed E-state index contributed by atoms with van der Waals surface area (Å²) in [6, 6.07) is 6.76. The van der Waals surface area contributed by atoms with Crippen LogP contribution in [0.3, 0.4) is 0 Å². The minimum absolute atomic E-state index is 0.0731. The molecule has 3 N–H and O–H groups in total. The number of hydrogen-bond donors (Lipinski definition) is 3. The molecule has 0 spiro atoms. The molecule has 196 valence electrons. The van der Waals surface area contributed by atoms with E-state index in [1.165, 1.54) is 15.7 Å². The van der Waals surface area contributed by atoms with Crippen molar-refractivity contribution in [2.45, 2.75) is 12.1 Å². The van der Waals surface area contributed by atoms with Gasteiger partial charge in [0.25, 0.3) is 5.91 Å². The number of nitrogens with zero attached hydrogens (tertiary/aromatic N) is 5. The second-order valence-corrected chi connectivity index (χ2v) is 9.31. The minimum atomic E-state index is -1.27. The van der Waals surface area contributed by atoms with Crippen LogP contribution >= 0.6 is 0 Å². The number of anilines is 3. The number of nitrogens with one attached hydrogen (secondary N) is 2. The van der Waals surface area contributed by atoms with Crippen LogP contribution in [0.2, 0.25) is 0 Å². The Morgan fingerprint density at radius 1 is 1.13 bits per heavy atom. The first-order chi connectivity index (χ1) is 18.3. The third-order valence-corrected chi connectivity index (χ3v) is 6.69. The van der Waals surface area contributed by atoms with E-state index in [0.717, 1.165) is 0 Å². The van der Waals surface area contributed by atoms with Gasteiger partial charge in [-0.1, -0.05) is 0 Å². The molecule has 6 rings (SSSR count). The molecule has 0 aromatic carbocycles. The number of aromatic carboxylic acids is 1. The van der Waals surface area contributed by atoms with Crippen molar-refractivity contribution in [3.63, 3.8) is 0 Å². The van der Waals surface area contributed by atoms with Crippen LogP contribution in [0.1, 0.15) is 10.4 Å². The van der Waals surface area contributed by atoms with Crippen LogP contribution in [0.5, 0.6) is 5.75 Å². The monoisotopic (exact) mass is 521 g/mol. The van der Waals surface area contributed by atoms with Gasteiger partial charge in [0.1, 0.15) is 29.0 Å². The fraction of sp³-hybridized carbons (Fsp3) is 0.333. The number of carboxylic acid groups (broad SMARTS) is 1. The molecule has 3 aliphatic rings. The van der Waals surface area contributed by atoms with E-state index < -0.39 is 17.5 Å². The van der Waals surface area contributed by atoms with Crippen LogP contribution in [-0.2, 0) is 16.6 Å². The molecule has 2 saturated heterocycles. The highest BCUT2D eigenvalue weighted by atomic mass is 16.6. The molecule has 14 nitrogen and oxygen atoms in total. The number of pyridine rings is 3. The largest absolute Gasteiger partial charge is 0.480 e. The van der Waals surface area contributed by atoms with E-state index >= 15 is 0 Å². The number of aryl methyl sites for hydroxylation is 1. The Labute approximate surface area is 214 Å². The quantitative estimate of drug-likeness (QED) is 0.404. The number of cyclic esters (lactones) is 1. The maximum atomic E-state index is 12.4. The predicted molar refractivity (Wildman–Crippen MR) is 134 cm³/mol. The van der Waals surface area contributed by atoms with E-state index in [4.69, 9.17) is 9.47 Å². The molecule has 0 radical (unpaired) electrons. The van der Waals surface area contributed by atoms with Gasteiger partial charge in [-0.3, -0.25) is 14.5 Å². The van der Waals surface area contributed by atoms with Crippen LogP contribution in [0.15, 0.2) is 35.3 Å². The topological polar surface area (TPSA) is 168 Å². The van der Waals surface area contributed by atoms with Gasteiger partial charge in [0.2, 0.25) is 5.43 Å². The molecule has 0 saturated carbocycles. The molecule has 3 aromatic heterocycles. The molecule has 0 bridgehead atoms. The van der Waals surface area contributed by atoms with Gasteiger partial charge in [0.05, 0.1) is 11.9 Å². The molecule has 2 amide bonds. The van der Waals surface area contributed by atoms with Gasteiger partial charge in [-0.15, -0.1) is 0 Å². The molecular weight excluding hydrogens is 498 g/mol. The highest BCUT2D eigenvalue weighted by Crippen LogP contribution is 2.30. The molecule has 38 heavy (non-hydrogen) atoms. The Morgan fingerprint density at radius 3 is 2.71 bits per heavy atom. The Morgan fingerprint density at radius 2 is 1.92 bits per heavy atom. The van der Waals surface area contributed by atoms with Crippen molar-refractivity contribution in [1.82, 2.24) is 19.9 Å². The highest BCUT2D eigenvalue weighted by molar-refractivity contribution is 5.95. The lowest BCUT2D eigenvalue weighted by molar-refractivity contribution is -0.118. The number of carbonyl (C=O) groups excluding carboxylic acids is 2. The van der Waals surface area contributed by atoms with Gasteiger partial charge in [-0.05, 0) is 24.3 Å². The van der Waals surface area contributed by atoms with Crippen LogP contribution in [-0.4, -0.2) is 82.5 Å². The third kappa shape index (κ3) is 4.14. The zero-order chi connectivity index (χ0) is 26.6. The fourth-order valence-corrected chi connectivity index (χ4v) is 4.68. The zero-order valence-electron chi connectivity index (χ0n) is 20.2. The summed E-state index contributed by atoms with van der Waals surface area (Å²) < 4.78 is 12.3. The summed E-state index contributed by atoms with van der Waals surface area (Å²) in [6.07, 6.45) is 0.386. The molecular formula is C24H23N7O7. The van der Waals surface area contributed by atoms with Crippen molar-refractivity contribution in [2.24, 2.45) is 7.05 Å². The van der Waals surface area contributed by atoms with E-state index in [0.29, 0.717) is 49.2 Å². The zero-order valence-corrected chi connectivity index (χ0v) is 20.2. The number of aromatic nitrogens is 3. The smallest absolute Gasteiger partial charge is 0.416 e. The first-order valence-corrected chi connectivity index (χ1v) is 11.9. The number of ether oxygens (including phenoxy) is 2. The summed E-state index contributed by atoms with van der Waals surface area (Å²) in [5.74, 6) is 0.185. The molecule has 0 unspecified atom stereocenters. The summed E-state index contributed by atoms with van der Waals surface area (Å²) >= 11 is 0. The SMILES string of the molecule is Cn1cc(C(=O)O)c(=O)c2ccc(N3CC(NC[C@@H]4CN(c5ccc6c(n5)NC(=O)CO6)C(=O)O4)C3)nc21. The fourth-order valence-electron chi connectivity index (χ4n) is 4.68. The first kappa shape index (κ1) is 23.7. The minimum Gasteiger partial charge on any atom is -0.480 e. The lowest BCUT2D eigenvalue weighted by atomic mass is 10.1. The third-order valence-electron chi connectivity index (χ3n) is 6.69. The van der Waals surface area contributed by atoms with Crippen molar-refractivity contribution in [3.05, 3.63) is 46.2 Å². The van der Waals surface area contributed by atoms with Crippen molar-refractivity contribution < 1.29 is 29.0 Å². The molecule has 2 fully saturated rings. The summed E-state index contributed by atoms with van der Waals surface area (Å²) in [7, 11) is 1.65. The van der Waals surface area contributed by atoms with Crippen LogP contribution in [0.4, 0.5) is 22.2 Å². The van der Waals surface area contributed by atoms with Gasteiger partial charge in [-0.2, -0.15) is 0 Å². The second kappa shape index (κ2) is 8.99. The number of rotatable bonds is 6. The standard InChI is InChI=1S/C24H23N7O7/c1-29-10-15(23(34)35)20(33)14-2-4-17(27-22(14)29)30-7-12(8-30)25-6-13-9-31(24(36)38-13)18-5-3-16-21(26-18)28-19(32)11-37-16/h2-5,10,12-13,25H,6-9,11H2,1H3,(H,34,35)(H,26,28,32)/t13-/m1/s1. The van der Waals surface area contributed by atoms with Gasteiger partial charge < -0.3 is 34.7 Å². The van der Waals surface area contributed by atoms with Gasteiger partial charge in [-0.25, -0.2) is 19.6 Å². The lowest BCUT2D eigenvalue weighted by Crippen LogP contribution is -2.59. The molecule has 6 heterocycles. The number of amides is 2. The van der Waals surface area contributed by atoms with Crippen LogP contribution in [0.25, 0.3) is 11.0 Å². The molecule has 0 aliphatic carbocycles. The highest BCUT2D eigenvalue weighted by Gasteiger charge is 2.35. The van der Waals surface area contributed by atoms with E-state index in [1.54, 1.807) is 31.3 Å². The van der Waals surface area contributed by atoms with Gasteiger partial charge in [0, 0.05) is 38.9 Å². The first-order valence-electron chi connectivity index (χ1n) is 11.9. The van der Waals surface area contributed by atoms with Crippen LogP contribution < -0.4 is 30.6 Å². The lowest BCUT2D eigenvalue weighted by Gasteiger charge is -2.41. The normalized spacial score (nSPS) is 19.0. The van der Waals surface area contributed by atoms with E-state index in [-0.39, 0.29) is 41.4 Å². The Hall–Kier alpha value is -4.72. The molecule has 14 heteroatoms. The number of hydrogen-bond acceptors (Lipinski definition) is 10. The van der Waals surface area contributed by atoms with Gasteiger partial charge in [0.15, 0.2) is 18.2 Å². The molecule has 3 aromatic rings. The molecule has 3 aliphatic heterocycles. The van der Waals surface area contributed by atoms with E-state index in [2.05, 4.69) is 20.6 Å². The number of fused-ring (bicyclic) bond motifs is 2. The predicted octanol–water partition coefficient (Wildman–Crippen LogP) is 0.161. The summed E-state index contributed by atoms with van der Waals surface area (Å²) in [4.78, 5) is 60.1. The van der Waals surface area contributed by atoms with E-state index in [9.17, 15) is 24.3 Å². The average Bonchev–Trinajstić information content (AvgIpc) is 3.24. The van der Waals surface area contributed by atoms with Crippen molar-refractivity contribution >= 4 is 46.5 Å². The maximum Gasteiger partial charge on any atom is 0.416 e. The van der Waals surface area contributed by atoms with Crippen molar-refractivity contribution in [3.8, 4) is 5.75 Å². The molecule has 1 atom stereocenters. The summed E-state index contributed by atoms with van der Waals surface area (Å²) in [5.41, 5.74) is -0.442. The Balaban J connectivity index is 1.05. The number of carboxylic acids is 1. The number of carbonyl (C=O) groups is 3. The van der Waals surface area contributed by atoms with Gasteiger partial charge >= 0.3 is 12.1 Å². The summed E-state index contributed by atoms with van der Waals surface area (Å²) in [6.45, 7) is 2.01. The van der Waals surface area contributed by atoms with E-state index in [1.807, 2.05) is 4.90 Å². The maximum absolute atomic E-state index is 12.4. The Bertz CT molecular complexity index is 1550. The summed E-state index contributed by atoms with van der Waals surface area (Å²) in [5, 5.41) is 15.5. The van der Waals surface area contributed by atoms with Crippen molar-refractivity contribution in [2.75, 3.05) is 47.9 Å². The van der Waals surface area contributed by atoms with Crippen LogP contribution in [0, 0.1) is 0 Å². The second-order valence-electron chi connectivity index (χ2n) is 9.31.